The van der Waals surface area contributed by atoms with E-state index in [0.29, 0.717) is 0 Å². The summed E-state index contributed by atoms with van der Waals surface area (Å²) in [6.45, 7) is 4.01. The molecule has 0 radical (unpaired) electrons. The van der Waals surface area contributed by atoms with Gasteiger partial charge in [0.15, 0.2) is 5.76 Å². The van der Waals surface area contributed by atoms with Crippen LogP contribution in [0.2, 0.25) is 0 Å². The molecular weight excluding hydrogens is 270 g/mol. The molecule has 1 aromatic carbocycles. The summed E-state index contributed by atoms with van der Waals surface area (Å²) in [6.07, 6.45) is 1.06. The molecule has 1 unspecified atom stereocenters. The molecule has 21 heavy (non-hydrogen) atoms. The van der Waals surface area contributed by atoms with Crippen LogP contribution in [0, 0.1) is 5.92 Å². The van der Waals surface area contributed by atoms with Gasteiger partial charge in [-0.25, -0.2) is 4.79 Å². The normalized spacial score (nSPS) is 12.1. The van der Waals surface area contributed by atoms with Crippen molar-refractivity contribution in [3.63, 3.8) is 0 Å². The summed E-state index contributed by atoms with van der Waals surface area (Å²) in [5.74, 6) is -1.37. The minimum atomic E-state index is -1.12. The lowest BCUT2D eigenvalue weighted by Crippen LogP contribution is -2.31. The molecular formula is C16H17NO4. The topological polar surface area (TPSA) is 79.5 Å². The Morgan fingerprint density at radius 3 is 2.38 bits per heavy atom. The second kappa shape index (κ2) is 6.26. The second-order valence-corrected chi connectivity index (χ2v) is 5.11. The number of furan rings is 1. The maximum absolute atomic E-state index is 12.2. The lowest BCUT2D eigenvalue weighted by atomic mass is 9.96. The second-order valence-electron chi connectivity index (χ2n) is 5.11. The Bertz CT molecular complexity index is 631. The van der Waals surface area contributed by atoms with E-state index in [1.807, 2.05) is 44.2 Å². The van der Waals surface area contributed by atoms with Gasteiger partial charge in [0.1, 0.15) is 6.26 Å². The van der Waals surface area contributed by atoms with E-state index in [1.54, 1.807) is 0 Å². The molecule has 0 aliphatic carbocycles. The van der Waals surface area contributed by atoms with Gasteiger partial charge in [-0.3, -0.25) is 4.79 Å². The number of carboxylic acid groups (broad SMARTS) is 1. The third kappa shape index (κ3) is 3.51. The molecule has 0 aliphatic heterocycles. The fourth-order valence-electron chi connectivity index (χ4n) is 2.08. The van der Waals surface area contributed by atoms with E-state index in [1.165, 1.54) is 6.07 Å². The van der Waals surface area contributed by atoms with Gasteiger partial charge >= 0.3 is 5.97 Å². The highest BCUT2D eigenvalue weighted by Crippen LogP contribution is 2.22. The third-order valence-electron chi connectivity index (χ3n) is 3.18. The van der Waals surface area contributed by atoms with Crippen molar-refractivity contribution in [2.75, 3.05) is 0 Å². The van der Waals surface area contributed by atoms with Crippen LogP contribution in [0.15, 0.2) is 47.1 Å². The molecule has 0 saturated heterocycles. The molecule has 0 saturated carbocycles. The van der Waals surface area contributed by atoms with Crippen molar-refractivity contribution in [1.82, 2.24) is 5.32 Å². The molecule has 0 fully saturated rings. The van der Waals surface area contributed by atoms with Crippen molar-refractivity contribution in [1.29, 1.82) is 0 Å². The van der Waals surface area contributed by atoms with Crippen molar-refractivity contribution in [3.8, 4) is 0 Å². The highest BCUT2D eigenvalue weighted by molar-refractivity contribution is 5.95. The number of rotatable bonds is 5. The van der Waals surface area contributed by atoms with Crippen molar-refractivity contribution < 1.29 is 19.1 Å². The van der Waals surface area contributed by atoms with Gasteiger partial charge in [0.05, 0.1) is 11.6 Å². The molecule has 110 valence electrons. The molecule has 2 N–H and O–H groups in total. The van der Waals surface area contributed by atoms with Gasteiger partial charge in [-0.2, -0.15) is 0 Å². The molecule has 0 spiro atoms. The van der Waals surface area contributed by atoms with E-state index in [-0.39, 0.29) is 23.3 Å². The summed E-state index contributed by atoms with van der Waals surface area (Å²) in [5, 5.41) is 11.7. The van der Waals surface area contributed by atoms with Gasteiger partial charge in [0.25, 0.3) is 5.91 Å². The van der Waals surface area contributed by atoms with E-state index in [4.69, 9.17) is 9.52 Å². The van der Waals surface area contributed by atoms with Crippen molar-refractivity contribution in [3.05, 3.63) is 59.5 Å². The van der Waals surface area contributed by atoms with Gasteiger partial charge in [-0.1, -0.05) is 44.2 Å². The quantitative estimate of drug-likeness (QED) is 0.885. The Balaban J connectivity index is 2.17. The zero-order chi connectivity index (χ0) is 15.4. The fourth-order valence-corrected chi connectivity index (χ4v) is 2.08. The number of aromatic carboxylic acids is 1. The molecule has 1 amide bonds. The Morgan fingerprint density at radius 2 is 1.86 bits per heavy atom. The molecule has 1 atom stereocenters. The largest absolute Gasteiger partial charge is 0.478 e. The van der Waals surface area contributed by atoms with Crippen LogP contribution in [0.3, 0.4) is 0 Å². The van der Waals surface area contributed by atoms with E-state index >= 15 is 0 Å². The van der Waals surface area contributed by atoms with Crippen LogP contribution in [-0.4, -0.2) is 17.0 Å². The van der Waals surface area contributed by atoms with E-state index in [2.05, 4.69) is 5.32 Å². The Hall–Kier alpha value is -2.56. The summed E-state index contributed by atoms with van der Waals surface area (Å²) < 4.78 is 5.01. The maximum Gasteiger partial charge on any atom is 0.338 e. The molecule has 0 aliphatic rings. The van der Waals surface area contributed by atoms with Gasteiger partial charge in [-0.15, -0.1) is 0 Å². The fraction of sp³-hybridized carbons (Fsp3) is 0.250. The number of amides is 1. The van der Waals surface area contributed by atoms with Gasteiger partial charge in [0, 0.05) is 6.07 Å². The number of carbonyl (C=O) groups excluding carboxylic acids is 1. The van der Waals surface area contributed by atoms with Crippen LogP contribution in [-0.2, 0) is 0 Å². The van der Waals surface area contributed by atoms with Crippen molar-refractivity contribution >= 4 is 11.9 Å². The Labute approximate surface area is 122 Å². The number of carboxylic acids is 1. The van der Waals surface area contributed by atoms with Crippen LogP contribution < -0.4 is 5.32 Å². The molecule has 0 bridgehead atoms. The minimum Gasteiger partial charge on any atom is -0.478 e. The van der Waals surface area contributed by atoms with E-state index < -0.39 is 11.9 Å². The standard InChI is InChI=1S/C16H17NO4/c1-10(2)14(11-6-4-3-5-7-11)17-15(18)13-8-12(9-21-13)16(19)20/h3-10,14H,1-2H3,(H,17,18)(H,19,20). The van der Waals surface area contributed by atoms with Crippen LogP contribution in [0.5, 0.6) is 0 Å². The first kappa shape index (κ1) is 14.8. The molecule has 2 rings (SSSR count). The molecule has 5 heteroatoms. The summed E-state index contributed by atoms with van der Waals surface area (Å²) in [6, 6.07) is 10.7. The first-order valence-electron chi connectivity index (χ1n) is 6.66. The smallest absolute Gasteiger partial charge is 0.338 e. The highest BCUT2D eigenvalue weighted by Gasteiger charge is 2.21. The molecule has 2 aromatic rings. The number of hydrogen-bond donors (Lipinski definition) is 2. The first-order chi connectivity index (χ1) is 9.99. The van der Waals surface area contributed by atoms with Gasteiger partial charge in [-0.05, 0) is 11.5 Å². The van der Waals surface area contributed by atoms with Crippen LogP contribution in [0.4, 0.5) is 0 Å². The van der Waals surface area contributed by atoms with Gasteiger partial charge in [0.2, 0.25) is 0 Å². The first-order valence-corrected chi connectivity index (χ1v) is 6.66. The van der Waals surface area contributed by atoms with Crippen molar-refractivity contribution in [2.45, 2.75) is 19.9 Å². The van der Waals surface area contributed by atoms with E-state index in [0.717, 1.165) is 11.8 Å². The summed E-state index contributed by atoms with van der Waals surface area (Å²) in [7, 11) is 0. The predicted molar refractivity (Wildman–Crippen MR) is 77.2 cm³/mol. The Morgan fingerprint density at radius 1 is 1.19 bits per heavy atom. The maximum atomic E-state index is 12.2. The zero-order valence-corrected chi connectivity index (χ0v) is 11.9. The SMILES string of the molecule is CC(C)C(NC(=O)c1cc(C(=O)O)co1)c1ccccc1. The highest BCUT2D eigenvalue weighted by atomic mass is 16.4. The molecule has 1 heterocycles. The number of nitrogens with one attached hydrogen (secondary N) is 1. The average Bonchev–Trinajstić information content (AvgIpc) is 2.95. The summed E-state index contributed by atoms with van der Waals surface area (Å²) in [4.78, 5) is 23.0. The number of carbonyl (C=O) groups is 2. The average molecular weight is 287 g/mol. The monoisotopic (exact) mass is 287 g/mol. The van der Waals surface area contributed by atoms with Crippen molar-refractivity contribution in [2.24, 2.45) is 5.92 Å². The number of hydrogen-bond acceptors (Lipinski definition) is 3. The van der Waals surface area contributed by atoms with Gasteiger partial charge < -0.3 is 14.8 Å². The zero-order valence-electron chi connectivity index (χ0n) is 11.9. The Kier molecular flexibility index (Phi) is 4.42. The summed E-state index contributed by atoms with van der Waals surface area (Å²) in [5.41, 5.74) is 0.951. The summed E-state index contributed by atoms with van der Waals surface area (Å²) >= 11 is 0. The van der Waals surface area contributed by atoms with Crippen LogP contribution in [0.25, 0.3) is 0 Å². The lowest BCUT2D eigenvalue weighted by Gasteiger charge is -2.22. The number of benzene rings is 1. The lowest BCUT2D eigenvalue weighted by molar-refractivity contribution is 0.0695. The van der Waals surface area contributed by atoms with E-state index in [9.17, 15) is 9.59 Å². The third-order valence-corrected chi connectivity index (χ3v) is 3.18. The minimum absolute atomic E-state index is 0.00557. The predicted octanol–water partition coefficient (Wildman–Crippen LogP) is 3.10. The van der Waals surface area contributed by atoms with Crippen LogP contribution >= 0.6 is 0 Å². The van der Waals surface area contributed by atoms with Crippen LogP contribution in [0.1, 0.15) is 46.4 Å². The molecule has 1 aromatic heterocycles. The molecule has 5 nitrogen and oxygen atoms in total.